The highest BCUT2D eigenvalue weighted by Crippen LogP contribution is 2.40. The molecule has 0 spiro atoms. The zero-order chi connectivity index (χ0) is 40.1. The molecule has 1 aliphatic carbocycles. The molecule has 3 N–H and O–H groups in total. The summed E-state index contributed by atoms with van der Waals surface area (Å²) >= 11 is 0. The molecular formula is C41H41FN8O7. The molecule has 0 radical (unpaired) electrons. The number of methoxy groups -OCH3 is 3. The zero-order valence-electron chi connectivity index (χ0n) is 31.9. The number of anilines is 3. The van der Waals surface area contributed by atoms with Crippen LogP contribution in [-0.2, 0) is 11.2 Å². The van der Waals surface area contributed by atoms with Gasteiger partial charge in [-0.05, 0) is 61.7 Å². The summed E-state index contributed by atoms with van der Waals surface area (Å²) in [6.07, 6.45) is 4.98. The van der Waals surface area contributed by atoms with Crippen LogP contribution in [0.2, 0.25) is 0 Å². The summed E-state index contributed by atoms with van der Waals surface area (Å²) in [5, 5.41) is 9.48. The number of pyridine rings is 1. The molecule has 3 aliphatic rings. The van der Waals surface area contributed by atoms with Gasteiger partial charge in [0.15, 0.2) is 17.3 Å². The second-order valence-electron chi connectivity index (χ2n) is 14.4. The molecule has 8 rings (SSSR count). The van der Waals surface area contributed by atoms with E-state index in [9.17, 15) is 19.5 Å². The number of benzene rings is 3. The Bertz CT molecular complexity index is 2520. The predicted molar refractivity (Wildman–Crippen MR) is 212 cm³/mol. The van der Waals surface area contributed by atoms with Crippen LogP contribution in [0.15, 0.2) is 64.6 Å². The first-order valence-corrected chi connectivity index (χ1v) is 18.5. The molecule has 16 heteroatoms. The van der Waals surface area contributed by atoms with Gasteiger partial charge in [0.1, 0.15) is 17.1 Å². The molecular weight excluding hydrogens is 735 g/mol. The minimum atomic E-state index is -1.38. The van der Waals surface area contributed by atoms with E-state index in [-0.39, 0.29) is 47.2 Å². The number of hydrogen-bond acceptors (Lipinski definition) is 12. The topological polar surface area (TPSA) is 178 Å². The van der Waals surface area contributed by atoms with E-state index in [0.29, 0.717) is 72.2 Å². The van der Waals surface area contributed by atoms with Gasteiger partial charge in [0.05, 0.1) is 50.3 Å². The van der Waals surface area contributed by atoms with Crippen molar-refractivity contribution < 1.29 is 33.3 Å². The van der Waals surface area contributed by atoms with Crippen LogP contribution in [0.1, 0.15) is 51.5 Å². The highest BCUT2D eigenvalue weighted by Gasteiger charge is 2.36. The van der Waals surface area contributed by atoms with Crippen molar-refractivity contribution in [3.63, 3.8) is 0 Å². The second-order valence-corrected chi connectivity index (χ2v) is 14.4. The number of aliphatic imine (C=N–C) groups is 1. The molecule has 15 nitrogen and oxygen atoms in total. The maximum atomic E-state index is 16.2. The molecule has 1 saturated carbocycles. The Hall–Kier alpha value is -6.55. The smallest absolute Gasteiger partial charge is 0.341 e. The Labute approximate surface area is 326 Å². The van der Waals surface area contributed by atoms with Crippen molar-refractivity contribution in [2.75, 3.05) is 69.7 Å². The van der Waals surface area contributed by atoms with Crippen LogP contribution in [0.5, 0.6) is 17.2 Å². The van der Waals surface area contributed by atoms with Crippen LogP contribution >= 0.6 is 0 Å². The molecule has 2 aliphatic heterocycles. The van der Waals surface area contributed by atoms with E-state index >= 15 is 4.39 Å². The molecule has 5 aromatic rings. The van der Waals surface area contributed by atoms with E-state index in [1.165, 1.54) is 13.3 Å². The number of carboxylic acids is 1. The number of ether oxygens (including phenoxy) is 3. The van der Waals surface area contributed by atoms with Crippen molar-refractivity contribution in [3.8, 4) is 17.2 Å². The lowest BCUT2D eigenvalue weighted by molar-refractivity contribution is -0.112. The van der Waals surface area contributed by atoms with E-state index in [0.717, 1.165) is 24.0 Å². The van der Waals surface area contributed by atoms with Crippen molar-refractivity contribution in [2.24, 2.45) is 4.99 Å². The summed E-state index contributed by atoms with van der Waals surface area (Å²) in [5.74, 6) is -0.676. The fraction of sp³-hybridized carbons (Fsp3) is 0.317. The van der Waals surface area contributed by atoms with Crippen molar-refractivity contribution in [1.82, 2.24) is 19.4 Å². The van der Waals surface area contributed by atoms with Crippen LogP contribution in [0, 0.1) is 12.7 Å². The third kappa shape index (κ3) is 6.85. The van der Waals surface area contributed by atoms with Gasteiger partial charge in [-0.2, -0.15) is 4.98 Å². The number of nitrogens with zero attached hydrogens (tertiary/aromatic N) is 7. The number of amides is 1. The summed E-state index contributed by atoms with van der Waals surface area (Å²) in [6, 6.07) is 12.8. The number of fused-ring (bicyclic) bond motifs is 2. The largest absolute Gasteiger partial charge is 0.493 e. The molecule has 1 amide bonds. The fourth-order valence-electron chi connectivity index (χ4n) is 7.60. The van der Waals surface area contributed by atoms with Crippen LogP contribution < -0.4 is 35.2 Å². The van der Waals surface area contributed by atoms with Crippen LogP contribution in [0.3, 0.4) is 0 Å². The van der Waals surface area contributed by atoms with Crippen molar-refractivity contribution in [3.05, 3.63) is 98.7 Å². The standard InChI is InChI=1S/C41H41FN8O7/c1-22-5-8-28-26(15-22)35(45-41-44-19-24(38(43)46-41)16-23-17-31(55-2)37(57-4)32(18-23)56-3)39(52)50(28)21-47-11-13-48(14-12-47)30-10-9-29-33(34(30)42)36(51)27(40(53)54)20-49(29)25-6-7-25/h5,8-10,15,17-20,25H,6-7,11-14,16,21H2,1-4H3,(H,53,54)(H2,43,44,46)/b45-35+. The number of rotatable bonds is 11. The minimum Gasteiger partial charge on any atom is -0.493 e. The van der Waals surface area contributed by atoms with Gasteiger partial charge in [-0.25, -0.2) is 19.2 Å². The monoisotopic (exact) mass is 776 g/mol. The maximum absolute atomic E-state index is 16.2. The first-order chi connectivity index (χ1) is 27.5. The van der Waals surface area contributed by atoms with E-state index < -0.39 is 22.8 Å². The average molecular weight is 777 g/mol. The highest BCUT2D eigenvalue weighted by molar-refractivity contribution is 6.54. The molecule has 0 bridgehead atoms. The van der Waals surface area contributed by atoms with Gasteiger partial charge in [0.25, 0.3) is 11.9 Å². The third-order valence-corrected chi connectivity index (χ3v) is 10.7. The van der Waals surface area contributed by atoms with Crippen LogP contribution in [0.4, 0.5) is 27.5 Å². The number of halogens is 1. The van der Waals surface area contributed by atoms with Gasteiger partial charge >= 0.3 is 5.97 Å². The summed E-state index contributed by atoms with van der Waals surface area (Å²) in [5.41, 5.74) is 9.74. The lowest BCUT2D eigenvalue weighted by Crippen LogP contribution is -2.51. The summed E-state index contributed by atoms with van der Waals surface area (Å²) < 4.78 is 34.3. The lowest BCUT2D eigenvalue weighted by Gasteiger charge is -2.38. The van der Waals surface area contributed by atoms with Gasteiger partial charge in [0.2, 0.25) is 11.2 Å². The molecule has 3 aromatic carbocycles. The summed E-state index contributed by atoms with van der Waals surface area (Å²) in [7, 11) is 4.63. The average Bonchev–Trinajstić information content (AvgIpc) is 4.02. The molecule has 0 unspecified atom stereocenters. The van der Waals surface area contributed by atoms with E-state index in [1.54, 1.807) is 42.0 Å². The number of carbonyl (C=O) groups is 2. The Balaban J connectivity index is 0.998. The zero-order valence-corrected chi connectivity index (χ0v) is 31.9. The Morgan fingerprint density at radius 1 is 0.982 bits per heavy atom. The SMILES string of the molecule is COc1cc(Cc2cnc(/N=C3/C(=O)N(CN4CCN(c5ccc6c(c5F)c(=O)c(C(=O)O)cn6C5CC5)CC4)c4ccc(C)cc43)nc2N)cc(OC)c1OC. The minimum absolute atomic E-state index is 0.0455. The second kappa shape index (κ2) is 14.8. The van der Waals surface area contributed by atoms with Crippen molar-refractivity contribution in [1.29, 1.82) is 0 Å². The summed E-state index contributed by atoms with van der Waals surface area (Å²) in [4.78, 5) is 58.3. The third-order valence-electron chi connectivity index (χ3n) is 10.7. The fourth-order valence-corrected chi connectivity index (χ4v) is 7.60. The van der Waals surface area contributed by atoms with Crippen LogP contribution in [-0.4, -0.2) is 96.3 Å². The Morgan fingerprint density at radius 2 is 1.68 bits per heavy atom. The normalized spacial score (nSPS) is 16.4. The number of carbonyl (C=O) groups excluding carboxylic acids is 1. The number of hydrogen-bond donors (Lipinski definition) is 2. The molecule has 0 atom stereocenters. The number of nitrogen functional groups attached to an aromatic ring is 1. The molecule has 2 fully saturated rings. The number of piperazine rings is 1. The number of aromatic carboxylic acids is 1. The first-order valence-electron chi connectivity index (χ1n) is 18.5. The van der Waals surface area contributed by atoms with Gasteiger partial charge in [-0.3, -0.25) is 19.4 Å². The predicted octanol–water partition coefficient (Wildman–Crippen LogP) is 4.72. The van der Waals surface area contributed by atoms with E-state index in [4.69, 9.17) is 19.9 Å². The molecule has 1 saturated heterocycles. The molecule has 4 heterocycles. The van der Waals surface area contributed by atoms with Gasteiger partial charge in [0, 0.05) is 62.2 Å². The maximum Gasteiger partial charge on any atom is 0.341 e. The Kier molecular flexibility index (Phi) is 9.73. The number of carboxylic acid groups (broad SMARTS) is 1. The van der Waals surface area contributed by atoms with E-state index in [2.05, 4.69) is 19.9 Å². The molecule has 294 valence electrons. The highest BCUT2D eigenvalue weighted by atomic mass is 19.1. The van der Waals surface area contributed by atoms with Gasteiger partial charge in [-0.15, -0.1) is 0 Å². The number of nitrogens with two attached hydrogens (primary N) is 1. The van der Waals surface area contributed by atoms with Gasteiger partial charge < -0.3 is 34.5 Å². The van der Waals surface area contributed by atoms with Crippen molar-refractivity contribution >= 4 is 51.6 Å². The lowest BCUT2D eigenvalue weighted by atomic mass is 10.1. The van der Waals surface area contributed by atoms with Crippen LogP contribution in [0.25, 0.3) is 10.9 Å². The van der Waals surface area contributed by atoms with Gasteiger partial charge in [-0.1, -0.05) is 11.6 Å². The van der Waals surface area contributed by atoms with Crippen molar-refractivity contribution in [2.45, 2.75) is 32.2 Å². The first kappa shape index (κ1) is 37.4. The Morgan fingerprint density at radius 3 is 2.32 bits per heavy atom. The number of aromatic nitrogens is 3. The molecule has 57 heavy (non-hydrogen) atoms. The quantitative estimate of drug-likeness (QED) is 0.189. The molecule has 2 aromatic heterocycles. The van der Waals surface area contributed by atoms with E-state index in [1.807, 2.05) is 42.2 Å². The number of aryl methyl sites for hydroxylation is 1. The summed E-state index contributed by atoms with van der Waals surface area (Å²) in [6.45, 7) is 4.00.